The van der Waals surface area contributed by atoms with E-state index in [2.05, 4.69) is 10.6 Å². The van der Waals surface area contributed by atoms with Gasteiger partial charge in [-0.05, 0) is 37.0 Å². The van der Waals surface area contributed by atoms with Crippen LogP contribution in [0, 0.1) is 5.82 Å². The van der Waals surface area contributed by atoms with Gasteiger partial charge in [-0.15, -0.1) is 0 Å². The van der Waals surface area contributed by atoms with Gasteiger partial charge in [0.25, 0.3) is 0 Å². The molecule has 1 aliphatic heterocycles. The van der Waals surface area contributed by atoms with Crippen molar-refractivity contribution in [3.63, 3.8) is 0 Å². The molecule has 0 aromatic heterocycles. The average molecular weight is 378 g/mol. The third kappa shape index (κ3) is 6.97. The van der Waals surface area contributed by atoms with Gasteiger partial charge in [0.15, 0.2) is 0 Å². The second-order valence-corrected chi connectivity index (χ2v) is 6.66. The highest BCUT2D eigenvalue weighted by atomic mass is 19.1. The summed E-state index contributed by atoms with van der Waals surface area (Å²) < 4.78 is 13.2. The molecule has 4 N–H and O–H groups in total. The number of rotatable bonds is 8. The zero-order valence-corrected chi connectivity index (χ0v) is 15.4. The lowest BCUT2D eigenvalue weighted by molar-refractivity contribution is -0.136. The van der Waals surface area contributed by atoms with E-state index < -0.39 is 5.82 Å². The molecule has 0 bridgehead atoms. The Bertz CT molecular complexity index is 668. The molecule has 2 rings (SSSR count). The highest BCUT2D eigenvalue weighted by Gasteiger charge is 2.27. The molecule has 0 spiro atoms. The number of nitrogens with one attached hydrogen (secondary N) is 2. The molecule has 1 aromatic carbocycles. The SMILES string of the molecule is NCCC(=O)NCC1CCCCN1C(=O)CNC(=O)Cc1cccc(F)c1. The molecule has 148 valence electrons. The molecule has 1 aromatic rings. The number of nitrogens with two attached hydrogens (primary N) is 1. The molecule has 0 radical (unpaired) electrons. The predicted molar refractivity (Wildman–Crippen MR) is 99.1 cm³/mol. The summed E-state index contributed by atoms with van der Waals surface area (Å²) in [7, 11) is 0. The van der Waals surface area contributed by atoms with Crippen molar-refractivity contribution in [2.24, 2.45) is 5.73 Å². The van der Waals surface area contributed by atoms with Gasteiger partial charge in [-0.1, -0.05) is 12.1 Å². The van der Waals surface area contributed by atoms with Crippen molar-refractivity contribution in [2.45, 2.75) is 38.1 Å². The van der Waals surface area contributed by atoms with E-state index in [1.807, 2.05) is 0 Å². The van der Waals surface area contributed by atoms with Crippen LogP contribution in [0.5, 0.6) is 0 Å². The first kappa shape index (κ1) is 20.8. The maximum Gasteiger partial charge on any atom is 0.242 e. The molecule has 8 heteroatoms. The number of amides is 3. The number of nitrogens with zero attached hydrogens (tertiary/aromatic N) is 1. The molecule has 27 heavy (non-hydrogen) atoms. The molecule has 1 saturated heterocycles. The minimum atomic E-state index is -0.399. The highest BCUT2D eigenvalue weighted by molar-refractivity contribution is 5.86. The lowest BCUT2D eigenvalue weighted by atomic mass is 10.0. The molecule has 1 heterocycles. The van der Waals surface area contributed by atoms with Crippen LogP contribution < -0.4 is 16.4 Å². The normalized spacial score (nSPS) is 16.7. The Morgan fingerprint density at radius 3 is 2.74 bits per heavy atom. The zero-order valence-electron chi connectivity index (χ0n) is 15.4. The Hall–Kier alpha value is -2.48. The predicted octanol–water partition coefficient (Wildman–Crippen LogP) is 0.331. The standard InChI is InChI=1S/C19H27FN4O3/c20-15-5-3-4-14(10-15)11-18(26)23-13-19(27)24-9-2-1-6-16(24)12-22-17(25)7-8-21/h3-5,10,16H,1-2,6-9,11-13,21H2,(H,22,25)(H,23,26). The van der Waals surface area contributed by atoms with E-state index in [1.54, 1.807) is 17.0 Å². The molecular weight excluding hydrogens is 351 g/mol. The fourth-order valence-corrected chi connectivity index (χ4v) is 3.16. The van der Waals surface area contributed by atoms with Crippen LogP contribution in [0.2, 0.25) is 0 Å². The number of halogens is 1. The lowest BCUT2D eigenvalue weighted by Gasteiger charge is -2.36. The minimum absolute atomic E-state index is 0.0175. The molecule has 1 fully saturated rings. The maximum absolute atomic E-state index is 13.2. The number of piperidine rings is 1. The van der Waals surface area contributed by atoms with E-state index in [0.717, 1.165) is 19.3 Å². The first-order chi connectivity index (χ1) is 13.0. The molecule has 1 aliphatic rings. The van der Waals surface area contributed by atoms with Crippen LogP contribution in [-0.2, 0) is 20.8 Å². The summed E-state index contributed by atoms with van der Waals surface area (Å²) in [6.07, 6.45) is 2.98. The van der Waals surface area contributed by atoms with Gasteiger partial charge < -0.3 is 21.3 Å². The van der Waals surface area contributed by atoms with Crippen molar-refractivity contribution in [1.82, 2.24) is 15.5 Å². The average Bonchev–Trinajstić information content (AvgIpc) is 2.65. The minimum Gasteiger partial charge on any atom is -0.354 e. The summed E-state index contributed by atoms with van der Waals surface area (Å²) in [6, 6.07) is 5.74. The smallest absolute Gasteiger partial charge is 0.242 e. The Labute approximate surface area is 158 Å². The second kappa shape index (κ2) is 10.6. The Balaban J connectivity index is 1.81. The van der Waals surface area contributed by atoms with Crippen LogP contribution >= 0.6 is 0 Å². The van der Waals surface area contributed by atoms with Crippen LogP contribution in [-0.4, -0.2) is 54.8 Å². The monoisotopic (exact) mass is 378 g/mol. The summed E-state index contributed by atoms with van der Waals surface area (Å²) in [4.78, 5) is 37.8. The van der Waals surface area contributed by atoms with Gasteiger partial charge in [0.1, 0.15) is 5.82 Å². The van der Waals surface area contributed by atoms with Crippen molar-refractivity contribution in [1.29, 1.82) is 0 Å². The van der Waals surface area contributed by atoms with E-state index in [0.29, 0.717) is 18.7 Å². The first-order valence-electron chi connectivity index (χ1n) is 9.27. The summed E-state index contributed by atoms with van der Waals surface area (Å²) in [5, 5.41) is 5.40. The second-order valence-electron chi connectivity index (χ2n) is 6.66. The van der Waals surface area contributed by atoms with Crippen LogP contribution in [0.25, 0.3) is 0 Å². The number of likely N-dealkylation sites (tertiary alicyclic amines) is 1. The topological polar surface area (TPSA) is 105 Å². The zero-order chi connectivity index (χ0) is 19.6. The largest absolute Gasteiger partial charge is 0.354 e. The third-order valence-corrected chi connectivity index (χ3v) is 4.54. The van der Waals surface area contributed by atoms with E-state index >= 15 is 0 Å². The van der Waals surface area contributed by atoms with Gasteiger partial charge >= 0.3 is 0 Å². The van der Waals surface area contributed by atoms with Crippen LogP contribution in [0.4, 0.5) is 4.39 Å². The molecule has 0 aliphatic carbocycles. The summed E-state index contributed by atoms with van der Waals surface area (Å²) >= 11 is 0. The van der Waals surface area contributed by atoms with Gasteiger partial charge in [0, 0.05) is 32.1 Å². The Morgan fingerprint density at radius 2 is 2.00 bits per heavy atom. The fourth-order valence-electron chi connectivity index (χ4n) is 3.16. The van der Waals surface area contributed by atoms with E-state index in [-0.39, 0.29) is 49.7 Å². The highest BCUT2D eigenvalue weighted by Crippen LogP contribution is 2.16. The Morgan fingerprint density at radius 1 is 1.19 bits per heavy atom. The molecule has 7 nitrogen and oxygen atoms in total. The summed E-state index contributed by atoms with van der Waals surface area (Å²) in [6.45, 7) is 1.18. The molecule has 0 saturated carbocycles. The van der Waals surface area contributed by atoms with Gasteiger partial charge in [-0.2, -0.15) is 0 Å². The van der Waals surface area contributed by atoms with E-state index in [9.17, 15) is 18.8 Å². The van der Waals surface area contributed by atoms with Crippen molar-refractivity contribution in [2.75, 3.05) is 26.2 Å². The summed E-state index contributed by atoms with van der Waals surface area (Å²) in [5.41, 5.74) is 5.91. The van der Waals surface area contributed by atoms with Gasteiger partial charge in [-0.25, -0.2) is 4.39 Å². The van der Waals surface area contributed by atoms with Crippen molar-refractivity contribution in [3.05, 3.63) is 35.6 Å². The van der Waals surface area contributed by atoms with Crippen LogP contribution in [0.15, 0.2) is 24.3 Å². The van der Waals surface area contributed by atoms with Crippen LogP contribution in [0.1, 0.15) is 31.2 Å². The molecule has 1 unspecified atom stereocenters. The van der Waals surface area contributed by atoms with Gasteiger partial charge in [0.2, 0.25) is 17.7 Å². The number of benzene rings is 1. The number of carbonyl (C=O) groups is 3. The lowest BCUT2D eigenvalue weighted by Crippen LogP contribution is -2.52. The van der Waals surface area contributed by atoms with Crippen molar-refractivity contribution < 1.29 is 18.8 Å². The van der Waals surface area contributed by atoms with Crippen molar-refractivity contribution >= 4 is 17.7 Å². The number of hydrogen-bond acceptors (Lipinski definition) is 4. The van der Waals surface area contributed by atoms with Gasteiger partial charge in [0.05, 0.1) is 13.0 Å². The number of carbonyl (C=O) groups excluding carboxylic acids is 3. The quantitative estimate of drug-likeness (QED) is 0.606. The Kier molecular flexibility index (Phi) is 8.19. The first-order valence-corrected chi connectivity index (χ1v) is 9.27. The maximum atomic E-state index is 13.2. The molecular formula is C19H27FN4O3. The molecule has 1 atom stereocenters. The molecule has 3 amide bonds. The van der Waals surface area contributed by atoms with E-state index in [1.165, 1.54) is 12.1 Å². The third-order valence-electron chi connectivity index (χ3n) is 4.54. The van der Waals surface area contributed by atoms with E-state index in [4.69, 9.17) is 5.73 Å². The van der Waals surface area contributed by atoms with Gasteiger partial charge in [-0.3, -0.25) is 14.4 Å². The summed E-state index contributed by atoms with van der Waals surface area (Å²) in [5.74, 6) is -1.04. The number of hydrogen-bond donors (Lipinski definition) is 3. The van der Waals surface area contributed by atoms with Crippen molar-refractivity contribution in [3.8, 4) is 0 Å². The van der Waals surface area contributed by atoms with Crippen LogP contribution in [0.3, 0.4) is 0 Å². The fraction of sp³-hybridized carbons (Fsp3) is 0.526.